The standard InChI is InChI=1S/C17H11F4NO3/c18-15-10-12(22)5-8-14(15)16(23)24-9-1-2-11-3-6-13(7-4-11)25-17(19,20)21/h3-8,10H,9,22H2. The Morgan fingerprint density at radius 1 is 1.12 bits per heavy atom. The molecule has 25 heavy (non-hydrogen) atoms. The third kappa shape index (κ3) is 5.73. The Bertz CT molecular complexity index is 821. The highest BCUT2D eigenvalue weighted by Gasteiger charge is 2.30. The summed E-state index contributed by atoms with van der Waals surface area (Å²) in [5, 5.41) is 0. The molecule has 130 valence electrons. The molecule has 8 heteroatoms. The monoisotopic (exact) mass is 353 g/mol. The molecule has 0 saturated heterocycles. The summed E-state index contributed by atoms with van der Waals surface area (Å²) in [6.45, 7) is -0.316. The van der Waals surface area contributed by atoms with Gasteiger partial charge in [-0.3, -0.25) is 0 Å². The topological polar surface area (TPSA) is 61.6 Å². The van der Waals surface area contributed by atoms with E-state index >= 15 is 0 Å². The number of esters is 1. The van der Waals surface area contributed by atoms with Crippen molar-refractivity contribution >= 4 is 11.7 Å². The first-order valence-electron chi connectivity index (χ1n) is 6.81. The van der Waals surface area contributed by atoms with E-state index < -0.39 is 18.1 Å². The second-order valence-electron chi connectivity index (χ2n) is 4.69. The van der Waals surface area contributed by atoms with E-state index in [-0.39, 0.29) is 23.6 Å². The van der Waals surface area contributed by atoms with Crippen molar-refractivity contribution in [3.8, 4) is 17.6 Å². The van der Waals surface area contributed by atoms with Gasteiger partial charge in [-0.25, -0.2) is 9.18 Å². The summed E-state index contributed by atoms with van der Waals surface area (Å²) in [5.74, 6) is 3.00. The van der Waals surface area contributed by atoms with E-state index in [1.54, 1.807) is 0 Å². The highest BCUT2D eigenvalue weighted by molar-refractivity contribution is 5.90. The highest BCUT2D eigenvalue weighted by Crippen LogP contribution is 2.22. The minimum Gasteiger partial charge on any atom is -0.449 e. The Kier molecular flexibility index (Phi) is 5.49. The molecule has 0 heterocycles. The van der Waals surface area contributed by atoms with E-state index in [0.717, 1.165) is 18.2 Å². The van der Waals surface area contributed by atoms with E-state index in [1.165, 1.54) is 24.3 Å². The number of ether oxygens (including phenoxy) is 2. The quantitative estimate of drug-likeness (QED) is 0.397. The van der Waals surface area contributed by atoms with Crippen molar-refractivity contribution in [3.63, 3.8) is 0 Å². The van der Waals surface area contributed by atoms with Crippen LogP contribution in [-0.2, 0) is 4.74 Å². The molecule has 2 aromatic carbocycles. The van der Waals surface area contributed by atoms with Gasteiger partial charge < -0.3 is 15.2 Å². The maximum Gasteiger partial charge on any atom is 0.573 e. The molecule has 2 N–H and O–H groups in total. The minimum absolute atomic E-state index is 0.173. The van der Waals surface area contributed by atoms with Crippen LogP contribution >= 0.6 is 0 Å². The second-order valence-corrected chi connectivity index (χ2v) is 4.69. The van der Waals surface area contributed by atoms with E-state index in [0.29, 0.717) is 5.56 Å². The van der Waals surface area contributed by atoms with E-state index in [1.807, 2.05) is 0 Å². The van der Waals surface area contributed by atoms with Gasteiger partial charge in [-0.1, -0.05) is 11.8 Å². The summed E-state index contributed by atoms with van der Waals surface area (Å²) < 4.78 is 58.1. The van der Waals surface area contributed by atoms with Crippen LogP contribution in [0.25, 0.3) is 0 Å². The van der Waals surface area contributed by atoms with Crippen LogP contribution in [-0.4, -0.2) is 18.9 Å². The molecule has 0 atom stereocenters. The van der Waals surface area contributed by atoms with Gasteiger partial charge in [-0.05, 0) is 42.5 Å². The third-order valence-electron chi connectivity index (χ3n) is 2.81. The molecule has 4 nitrogen and oxygen atoms in total. The van der Waals surface area contributed by atoms with Gasteiger partial charge in [0.2, 0.25) is 0 Å². The summed E-state index contributed by atoms with van der Waals surface area (Å²) in [4.78, 5) is 11.7. The fraction of sp³-hybridized carbons (Fsp3) is 0.118. The number of hydrogen-bond donors (Lipinski definition) is 1. The van der Waals surface area contributed by atoms with Crippen molar-refractivity contribution in [2.45, 2.75) is 6.36 Å². The Morgan fingerprint density at radius 2 is 1.80 bits per heavy atom. The molecule has 0 radical (unpaired) electrons. The van der Waals surface area contributed by atoms with Gasteiger partial charge in [-0.15, -0.1) is 13.2 Å². The van der Waals surface area contributed by atoms with Crippen LogP contribution in [0, 0.1) is 17.7 Å². The molecule has 0 aliphatic rings. The van der Waals surface area contributed by atoms with Crippen LogP contribution in [0.4, 0.5) is 23.2 Å². The average molecular weight is 353 g/mol. The van der Waals surface area contributed by atoms with Gasteiger partial charge in [0.05, 0.1) is 5.56 Å². The third-order valence-corrected chi connectivity index (χ3v) is 2.81. The first-order valence-corrected chi connectivity index (χ1v) is 6.81. The zero-order valence-electron chi connectivity index (χ0n) is 12.6. The van der Waals surface area contributed by atoms with Gasteiger partial charge >= 0.3 is 12.3 Å². The SMILES string of the molecule is Nc1ccc(C(=O)OCC#Cc2ccc(OC(F)(F)F)cc2)c(F)c1. The number of rotatable bonds is 3. The van der Waals surface area contributed by atoms with Crippen LogP contribution in [0.15, 0.2) is 42.5 Å². The molecule has 2 rings (SSSR count). The van der Waals surface area contributed by atoms with E-state index in [2.05, 4.69) is 16.6 Å². The lowest BCUT2D eigenvalue weighted by Crippen LogP contribution is -2.16. The van der Waals surface area contributed by atoms with Crippen molar-refractivity contribution in [1.29, 1.82) is 0 Å². The molecule has 0 unspecified atom stereocenters. The second kappa shape index (κ2) is 7.57. The number of anilines is 1. The number of nitrogens with two attached hydrogens (primary N) is 1. The van der Waals surface area contributed by atoms with Crippen molar-refractivity contribution in [2.75, 3.05) is 12.3 Å². The van der Waals surface area contributed by atoms with Crippen molar-refractivity contribution in [2.24, 2.45) is 0 Å². The highest BCUT2D eigenvalue weighted by atomic mass is 19.4. The van der Waals surface area contributed by atoms with Crippen molar-refractivity contribution < 1.29 is 31.8 Å². The molecule has 0 amide bonds. The van der Waals surface area contributed by atoms with Gasteiger partial charge in [0.15, 0.2) is 6.61 Å². The molecule has 0 fully saturated rings. The predicted molar refractivity (Wildman–Crippen MR) is 81.1 cm³/mol. The van der Waals surface area contributed by atoms with Crippen LogP contribution < -0.4 is 10.5 Å². The van der Waals surface area contributed by atoms with Gasteiger partial charge in [0.1, 0.15) is 11.6 Å². The molecule has 0 bridgehead atoms. The molecular formula is C17H11F4NO3. The number of nitrogen functional groups attached to an aromatic ring is 1. The van der Waals surface area contributed by atoms with Crippen LogP contribution in [0.1, 0.15) is 15.9 Å². The number of benzene rings is 2. The number of carbonyl (C=O) groups is 1. The van der Waals surface area contributed by atoms with Gasteiger partial charge in [0.25, 0.3) is 0 Å². The summed E-state index contributed by atoms with van der Waals surface area (Å²) in [6, 6.07) is 8.38. The summed E-state index contributed by atoms with van der Waals surface area (Å²) in [5.41, 5.74) is 5.66. The number of carbonyl (C=O) groups excluding carboxylic acids is 1. The Labute approximate surface area is 140 Å². The fourth-order valence-corrected chi connectivity index (χ4v) is 1.75. The summed E-state index contributed by atoms with van der Waals surface area (Å²) >= 11 is 0. The largest absolute Gasteiger partial charge is 0.573 e. The van der Waals surface area contributed by atoms with Crippen molar-refractivity contribution in [3.05, 3.63) is 59.4 Å². The number of halogens is 4. The molecule has 0 saturated carbocycles. The van der Waals surface area contributed by atoms with E-state index in [4.69, 9.17) is 10.5 Å². The number of hydrogen-bond acceptors (Lipinski definition) is 4. The van der Waals surface area contributed by atoms with Gasteiger partial charge in [0, 0.05) is 11.3 Å². The van der Waals surface area contributed by atoms with Crippen LogP contribution in [0.2, 0.25) is 0 Å². The zero-order chi connectivity index (χ0) is 18.4. The molecule has 0 aromatic heterocycles. The first-order chi connectivity index (χ1) is 11.7. The van der Waals surface area contributed by atoms with E-state index in [9.17, 15) is 22.4 Å². The lowest BCUT2D eigenvalue weighted by Gasteiger charge is -2.07. The normalized spacial score (nSPS) is 10.6. The molecule has 0 aliphatic carbocycles. The number of alkyl halides is 3. The molecule has 0 aliphatic heterocycles. The van der Waals surface area contributed by atoms with Crippen LogP contribution in [0.3, 0.4) is 0 Å². The Morgan fingerprint density at radius 3 is 2.40 bits per heavy atom. The maximum absolute atomic E-state index is 13.5. The fourth-order valence-electron chi connectivity index (χ4n) is 1.75. The Hall–Kier alpha value is -3.21. The summed E-state index contributed by atoms with van der Waals surface area (Å²) in [6.07, 6.45) is -4.77. The smallest absolute Gasteiger partial charge is 0.449 e. The van der Waals surface area contributed by atoms with Crippen LogP contribution in [0.5, 0.6) is 5.75 Å². The van der Waals surface area contributed by atoms with Gasteiger partial charge in [-0.2, -0.15) is 0 Å². The first kappa shape index (κ1) is 18.1. The summed E-state index contributed by atoms with van der Waals surface area (Å²) in [7, 11) is 0. The zero-order valence-corrected chi connectivity index (χ0v) is 12.6. The molecule has 0 spiro atoms. The lowest BCUT2D eigenvalue weighted by atomic mass is 10.2. The minimum atomic E-state index is -4.77. The average Bonchev–Trinajstić information content (AvgIpc) is 2.51. The lowest BCUT2D eigenvalue weighted by molar-refractivity contribution is -0.274. The maximum atomic E-state index is 13.5. The molecule has 2 aromatic rings. The Balaban J connectivity index is 1.91. The predicted octanol–water partition coefficient (Wildman–Crippen LogP) is 3.52. The van der Waals surface area contributed by atoms with Crippen molar-refractivity contribution in [1.82, 2.24) is 0 Å². The molecular weight excluding hydrogens is 342 g/mol.